The number of hydrogen-bond acceptors (Lipinski definition) is 3. The zero-order valence-electron chi connectivity index (χ0n) is 20.3. The topological polar surface area (TPSA) is 64.4 Å². The van der Waals surface area contributed by atoms with E-state index in [1.54, 1.807) is 6.20 Å². The minimum absolute atomic E-state index is 0.00762. The van der Waals surface area contributed by atoms with Crippen LogP contribution in [-0.4, -0.2) is 20.6 Å². The smallest absolute Gasteiger partial charge is 0.304 e. The Morgan fingerprint density at radius 1 is 1.06 bits per heavy atom. The molecule has 0 spiro atoms. The van der Waals surface area contributed by atoms with Gasteiger partial charge in [0.05, 0.1) is 12.3 Å². The number of fused-ring (bicyclic) bond motifs is 1. The van der Waals surface area contributed by atoms with E-state index < -0.39 is 5.97 Å². The van der Waals surface area contributed by atoms with Crippen LogP contribution in [0, 0.1) is 0 Å². The second-order valence-electron chi connectivity index (χ2n) is 10.6. The van der Waals surface area contributed by atoms with Crippen LogP contribution in [0.5, 0.6) is 5.75 Å². The van der Waals surface area contributed by atoms with Crippen LogP contribution in [0.4, 0.5) is 0 Å². The highest BCUT2D eigenvalue weighted by Gasteiger charge is 2.36. The lowest BCUT2D eigenvalue weighted by Gasteiger charge is -2.42. The number of carbonyl (C=O) groups is 1. The van der Waals surface area contributed by atoms with Crippen molar-refractivity contribution in [3.63, 3.8) is 0 Å². The average molecular weight is 447 g/mol. The van der Waals surface area contributed by atoms with Crippen molar-refractivity contribution in [2.75, 3.05) is 0 Å². The van der Waals surface area contributed by atoms with E-state index in [2.05, 4.69) is 50.9 Å². The van der Waals surface area contributed by atoms with Gasteiger partial charge in [-0.05, 0) is 58.1 Å². The maximum absolute atomic E-state index is 11.4. The van der Waals surface area contributed by atoms with E-state index >= 15 is 0 Å². The Morgan fingerprint density at radius 2 is 1.73 bits per heavy atom. The van der Waals surface area contributed by atoms with Crippen LogP contribution in [0.15, 0.2) is 54.9 Å². The van der Waals surface area contributed by atoms with Gasteiger partial charge in [-0.15, -0.1) is 0 Å². The van der Waals surface area contributed by atoms with Crippen LogP contribution < -0.4 is 4.74 Å². The summed E-state index contributed by atoms with van der Waals surface area (Å²) in [5.74, 6) is 0.361. The number of benzene rings is 2. The van der Waals surface area contributed by atoms with Gasteiger partial charge in [-0.1, -0.05) is 58.0 Å². The summed E-state index contributed by atoms with van der Waals surface area (Å²) in [4.78, 5) is 15.8. The lowest BCUT2D eigenvalue weighted by Crippen LogP contribution is -2.33. The molecule has 33 heavy (non-hydrogen) atoms. The van der Waals surface area contributed by atoms with E-state index in [0.29, 0.717) is 6.61 Å². The van der Waals surface area contributed by atoms with Crippen molar-refractivity contribution in [3.05, 3.63) is 82.9 Å². The SMILES string of the molecule is Cn1ccnc1[C@@H](CC(=O)O)c1ccc(OCc2ccc3c(c2)C(C)(C)CCC3(C)C)cc1. The fourth-order valence-corrected chi connectivity index (χ4v) is 4.93. The molecule has 0 unspecified atom stereocenters. The first-order chi connectivity index (χ1) is 15.6. The first-order valence-corrected chi connectivity index (χ1v) is 11.6. The summed E-state index contributed by atoms with van der Waals surface area (Å²) in [5.41, 5.74) is 5.34. The van der Waals surface area contributed by atoms with E-state index in [0.717, 1.165) is 17.1 Å². The third-order valence-corrected chi connectivity index (χ3v) is 7.15. The van der Waals surface area contributed by atoms with E-state index in [1.807, 2.05) is 42.1 Å². The molecule has 3 aromatic rings. The highest BCUT2D eigenvalue weighted by atomic mass is 16.5. The highest BCUT2D eigenvalue weighted by molar-refractivity contribution is 5.68. The van der Waals surface area contributed by atoms with Crippen molar-refractivity contribution in [1.82, 2.24) is 9.55 Å². The quantitative estimate of drug-likeness (QED) is 0.487. The van der Waals surface area contributed by atoms with Crippen LogP contribution in [0.3, 0.4) is 0 Å². The molecule has 1 heterocycles. The largest absolute Gasteiger partial charge is 0.489 e. The fourth-order valence-electron chi connectivity index (χ4n) is 4.93. The summed E-state index contributed by atoms with van der Waals surface area (Å²) in [5, 5.41) is 9.39. The molecule has 0 radical (unpaired) electrons. The maximum atomic E-state index is 11.4. The van der Waals surface area contributed by atoms with Crippen LogP contribution in [-0.2, 0) is 29.3 Å². The fraction of sp³-hybridized carbons (Fsp3) is 0.429. The Morgan fingerprint density at radius 3 is 2.33 bits per heavy atom. The molecule has 0 fully saturated rings. The predicted molar refractivity (Wildman–Crippen MR) is 130 cm³/mol. The van der Waals surface area contributed by atoms with Crippen molar-refractivity contribution in [2.45, 2.75) is 70.3 Å². The lowest BCUT2D eigenvalue weighted by atomic mass is 9.63. The lowest BCUT2D eigenvalue weighted by molar-refractivity contribution is -0.137. The first kappa shape index (κ1) is 23.1. The third-order valence-electron chi connectivity index (χ3n) is 7.15. The van der Waals surface area contributed by atoms with Gasteiger partial charge in [-0.25, -0.2) is 4.98 Å². The molecule has 0 saturated carbocycles. The predicted octanol–water partition coefficient (Wildman–Crippen LogP) is 5.95. The van der Waals surface area contributed by atoms with Gasteiger partial charge >= 0.3 is 5.97 Å². The summed E-state index contributed by atoms with van der Waals surface area (Å²) >= 11 is 0. The van der Waals surface area contributed by atoms with E-state index in [-0.39, 0.29) is 23.2 Å². The minimum Gasteiger partial charge on any atom is -0.489 e. The molecule has 1 aliphatic rings. The normalized spacial score (nSPS) is 17.2. The molecule has 4 rings (SSSR count). The number of hydrogen-bond donors (Lipinski definition) is 1. The number of aliphatic carboxylic acids is 1. The molecule has 0 saturated heterocycles. The number of rotatable bonds is 7. The van der Waals surface area contributed by atoms with Crippen molar-refractivity contribution in [2.24, 2.45) is 7.05 Å². The summed E-state index contributed by atoms with van der Waals surface area (Å²) in [7, 11) is 1.88. The Kier molecular flexibility index (Phi) is 6.08. The molecule has 1 aliphatic carbocycles. The summed E-state index contributed by atoms with van der Waals surface area (Å²) in [6.45, 7) is 9.84. The number of ether oxygens (including phenoxy) is 1. The van der Waals surface area contributed by atoms with Crippen LogP contribution >= 0.6 is 0 Å². The zero-order valence-corrected chi connectivity index (χ0v) is 20.3. The molecule has 5 nitrogen and oxygen atoms in total. The van der Waals surface area contributed by atoms with E-state index in [4.69, 9.17) is 4.74 Å². The molecule has 5 heteroatoms. The molecule has 2 aromatic carbocycles. The van der Waals surface area contributed by atoms with Crippen molar-refractivity contribution in [1.29, 1.82) is 0 Å². The second kappa shape index (κ2) is 8.69. The number of aromatic nitrogens is 2. The van der Waals surface area contributed by atoms with Crippen molar-refractivity contribution in [3.8, 4) is 5.75 Å². The van der Waals surface area contributed by atoms with Crippen LogP contribution in [0.25, 0.3) is 0 Å². The monoisotopic (exact) mass is 446 g/mol. The molecular weight excluding hydrogens is 412 g/mol. The number of aryl methyl sites for hydroxylation is 1. The minimum atomic E-state index is -0.846. The summed E-state index contributed by atoms with van der Waals surface area (Å²) < 4.78 is 7.97. The molecule has 1 atom stereocenters. The molecule has 1 N–H and O–H groups in total. The number of imidazole rings is 1. The number of carboxylic acid groups (broad SMARTS) is 1. The van der Waals surface area contributed by atoms with Gasteiger partial charge in [-0.2, -0.15) is 0 Å². The Bertz CT molecular complexity index is 1140. The maximum Gasteiger partial charge on any atom is 0.304 e. The van der Waals surface area contributed by atoms with Crippen LogP contribution in [0.2, 0.25) is 0 Å². The van der Waals surface area contributed by atoms with Gasteiger partial charge < -0.3 is 14.4 Å². The van der Waals surface area contributed by atoms with Gasteiger partial charge in [0.25, 0.3) is 0 Å². The molecule has 0 bridgehead atoms. The Hall–Kier alpha value is -3.08. The van der Waals surface area contributed by atoms with E-state index in [1.165, 1.54) is 29.5 Å². The van der Waals surface area contributed by atoms with Gasteiger partial charge in [0, 0.05) is 19.4 Å². The Labute approximate surface area is 196 Å². The van der Waals surface area contributed by atoms with Crippen molar-refractivity contribution >= 4 is 5.97 Å². The van der Waals surface area contributed by atoms with Gasteiger partial charge in [-0.3, -0.25) is 4.79 Å². The second-order valence-corrected chi connectivity index (χ2v) is 10.6. The summed E-state index contributed by atoms with van der Waals surface area (Å²) in [6, 6.07) is 14.5. The van der Waals surface area contributed by atoms with E-state index in [9.17, 15) is 9.90 Å². The molecule has 1 aromatic heterocycles. The number of carboxylic acids is 1. The Balaban J connectivity index is 1.50. The third kappa shape index (κ3) is 4.82. The standard InChI is InChI=1S/C28H34N2O3/c1-27(2)12-13-28(3,4)24-16-19(6-11-23(24)27)18-33-21-9-7-20(8-10-21)22(17-25(31)32)26-29-14-15-30(26)5/h6-11,14-16,22H,12-13,17-18H2,1-5H3,(H,31,32)/t22-/m0/s1. The average Bonchev–Trinajstić information content (AvgIpc) is 3.20. The number of nitrogens with zero attached hydrogens (tertiary/aromatic N) is 2. The molecular formula is C28H34N2O3. The molecule has 0 aliphatic heterocycles. The first-order valence-electron chi connectivity index (χ1n) is 11.6. The highest BCUT2D eigenvalue weighted by Crippen LogP contribution is 2.46. The summed E-state index contributed by atoms with van der Waals surface area (Å²) in [6.07, 6.45) is 5.92. The van der Waals surface area contributed by atoms with Crippen molar-refractivity contribution < 1.29 is 14.6 Å². The van der Waals surface area contributed by atoms with Gasteiger partial charge in [0.1, 0.15) is 18.2 Å². The van der Waals surface area contributed by atoms with Gasteiger partial charge in [0.15, 0.2) is 0 Å². The van der Waals surface area contributed by atoms with Crippen LogP contribution in [0.1, 0.15) is 81.0 Å². The molecule has 174 valence electrons. The molecule has 0 amide bonds. The zero-order chi connectivity index (χ0) is 23.8. The van der Waals surface area contributed by atoms with Gasteiger partial charge in [0.2, 0.25) is 0 Å².